The molecule has 5 heterocycles. The molecule has 7 heteroatoms. The van der Waals surface area contributed by atoms with Crippen LogP contribution in [-0.4, -0.2) is 50.0 Å². The number of pyridine rings is 1. The third kappa shape index (κ3) is 3.55. The first kappa shape index (κ1) is 19.3. The molecule has 156 valence electrons. The zero-order chi connectivity index (χ0) is 21.4. The summed E-state index contributed by atoms with van der Waals surface area (Å²) in [5, 5.41) is 10.6. The molecule has 2 aliphatic heterocycles. The predicted octanol–water partition coefficient (Wildman–Crippen LogP) is 4.13. The summed E-state index contributed by atoms with van der Waals surface area (Å²) >= 11 is 0. The normalized spacial score (nSPS) is 16.6. The molecule has 0 bridgehead atoms. The first-order chi connectivity index (χ1) is 15.0. The van der Waals surface area contributed by atoms with Crippen molar-refractivity contribution in [2.75, 3.05) is 24.5 Å². The summed E-state index contributed by atoms with van der Waals surface area (Å²) in [6.07, 6.45) is 14.2. The number of nitrogens with zero attached hydrogens (tertiary/aromatic N) is 6. The van der Waals surface area contributed by atoms with Gasteiger partial charge < -0.3 is 14.8 Å². The van der Waals surface area contributed by atoms with Gasteiger partial charge in [0.05, 0.1) is 11.8 Å². The molecule has 5 rings (SSSR count). The maximum absolute atomic E-state index is 9.62. The van der Waals surface area contributed by atoms with Crippen LogP contribution < -0.4 is 4.90 Å². The van der Waals surface area contributed by atoms with Gasteiger partial charge in [0.25, 0.3) is 0 Å². The highest BCUT2D eigenvalue weighted by Gasteiger charge is 2.29. The van der Waals surface area contributed by atoms with Crippen molar-refractivity contribution < 1.29 is 0 Å². The summed E-state index contributed by atoms with van der Waals surface area (Å²) in [5.41, 5.74) is 4.09. The van der Waals surface area contributed by atoms with E-state index in [4.69, 9.17) is 0 Å². The third-order valence-electron chi connectivity index (χ3n) is 6.02. The van der Waals surface area contributed by atoms with Crippen LogP contribution in [0.1, 0.15) is 32.3 Å². The highest BCUT2D eigenvalue weighted by Crippen LogP contribution is 2.31. The van der Waals surface area contributed by atoms with Gasteiger partial charge in [-0.15, -0.1) is 0 Å². The fourth-order valence-electron chi connectivity index (χ4n) is 4.21. The Morgan fingerprint density at radius 2 is 1.77 bits per heavy atom. The molecule has 1 fully saturated rings. The van der Waals surface area contributed by atoms with Gasteiger partial charge in [-0.1, -0.05) is 12.2 Å². The smallest absolute Gasteiger partial charge is 0.225 e. The average molecular weight is 412 g/mol. The number of rotatable bonds is 4. The van der Waals surface area contributed by atoms with Gasteiger partial charge in [-0.3, -0.25) is 0 Å². The van der Waals surface area contributed by atoms with E-state index in [0.717, 1.165) is 52.6 Å². The highest BCUT2D eigenvalue weighted by molar-refractivity contribution is 5.86. The van der Waals surface area contributed by atoms with Crippen molar-refractivity contribution in [2.45, 2.75) is 32.2 Å². The van der Waals surface area contributed by atoms with Crippen LogP contribution in [0, 0.1) is 11.3 Å². The van der Waals surface area contributed by atoms with Crippen molar-refractivity contribution in [3.8, 4) is 17.3 Å². The number of hydrogen-bond donors (Lipinski definition) is 1. The van der Waals surface area contributed by atoms with Crippen LogP contribution in [0.3, 0.4) is 0 Å². The van der Waals surface area contributed by atoms with E-state index in [9.17, 15) is 5.26 Å². The Morgan fingerprint density at radius 1 is 1.03 bits per heavy atom. The molecule has 0 spiro atoms. The van der Waals surface area contributed by atoms with Crippen molar-refractivity contribution in [3.05, 3.63) is 54.5 Å². The van der Waals surface area contributed by atoms with Crippen LogP contribution in [-0.2, 0) is 0 Å². The lowest BCUT2D eigenvalue weighted by Gasteiger charge is -2.37. The van der Waals surface area contributed by atoms with Crippen LogP contribution in [0.2, 0.25) is 0 Å². The van der Waals surface area contributed by atoms with E-state index >= 15 is 0 Å². The molecule has 0 atom stereocenters. The number of fused-ring (bicyclic) bond motifs is 1. The van der Waals surface area contributed by atoms with Crippen LogP contribution in [0.15, 0.2) is 49.0 Å². The van der Waals surface area contributed by atoms with Gasteiger partial charge in [-0.05, 0) is 44.9 Å². The second-order valence-electron chi connectivity index (χ2n) is 8.57. The molecule has 2 aliphatic rings. The lowest BCUT2D eigenvalue weighted by atomic mass is 9.99. The molecule has 0 aromatic carbocycles. The SMILES string of the molecule is CC(C)(C#N)N1CC=CC=C1c1cnc2[nH]c(-c3cnc(N4CCCC4)nc3)cc2c1. The lowest BCUT2D eigenvalue weighted by Crippen LogP contribution is -2.42. The molecular formula is C24H25N7. The lowest BCUT2D eigenvalue weighted by molar-refractivity contribution is 0.284. The van der Waals surface area contributed by atoms with Crippen molar-refractivity contribution in [2.24, 2.45) is 0 Å². The van der Waals surface area contributed by atoms with E-state index in [0.29, 0.717) is 6.54 Å². The summed E-state index contributed by atoms with van der Waals surface area (Å²) in [7, 11) is 0. The maximum Gasteiger partial charge on any atom is 0.225 e. The molecule has 3 aromatic rings. The number of anilines is 1. The molecular weight excluding hydrogens is 386 g/mol. The van der Waals surface area contributed by atoms with Crippen molar-refractivity contribution in [3.63, 3.8) is 0 Å². The molecule has 3 aromatic heterocycles. The van der Waals surface area contributed by atoms with Gasteiger partial charge in [0, 0.05) is 60.4 Å². The minimum absolute atomic E-state index is 0.608. The molecule has 0 radical (unpaired) electrons. The number of allylic oxidation sites excluding steroid dienone is 2. The third-order valence-corrected chi connectivity index (χ3v) is 6.02. The summed E-state index contributed by atoms with van der Waals surface area (Å²) in [4.78, 5) is 21.5. The molecule has 0 aliphatic carbocycles. The van der Waals surface area contributed by atoms with Gasteiger partial charge in [-0.25, -0.2) is 15.0 Å². The topological polar surface area (TPSA) is 84.7 Å². The standard InChI is InChI=1S/C24H25N7/c1-24(2,16-25)31-10-4-3-7-21(31)18-11-17-12-20(29-22(17)26-13-18)19-14-27-23(28-15-19)30-8-5-6-9-30/h3-4,7,11-15H,5-6,8-10H2,1-2H3,(H,26,29). The quantitative estimate of drug-likeness (QED) is 0.695. The van der Waals surface area contributed by atoms with Gasteiger partial charge in [-0.2, -0.15) is 5.26 Å². The molecule has 0 amide bonds. The second kappa shape index (κ2) is 7.55. The van der Waals surface area contributed by atoms with Gasteiger partial charge in [0.1, 0.15) is 11.2 Å². The number of hydrogen-bond acceptors (Lipinski definition) is 6. The molecule has 31 heavy (non-hydrogen) atoms. The molecule has 1 N–H and O–H groups in total. The molecule has 1 saturated heterocycles. The van der Waals surface area contributed by atoms with Crippen molar-refractivity contribution in [1.82, 2.24) is 24.8 Å². The zero-order valence-electron chi connectivity index (χ0n) is 17.8. The Kier molecular flexibility index (Phi) is 4.70. The van der Waals surface area contributed by atoms with Crippen LogP contribution >= 0.6 is 0 Å². The van der Waals surface area contributed by atoms with Crippen LogP contribution in [0.25, 0.3) is 28.0 Å². The minimum Gasteiger partial charge on any atom is -0.349 e. The number of aromatic nitrogens is 4. The summed E-state index contributed by atoms with van der Waals surface area (Å²) < 4.78 is 0. The van der Waals surface area contributed by atoms with E-state index in [1.807, 2.05) is 44.6 Å². The Hall–Kier alpha value is -3.66. The first-order valence-corrected chi connectivity index (χ1v) is 10.7. The first-order valence-electron chi connectivity index (χ1n) is 10.7. The fourth-order valence-corrected chi connectivity index (χ4v) is 4.21. The molecule has 7 nitrogen and oxygen atoms in total. The predicted molar refractivity (Wildman–Crippen MR) is 122 cm³/mol. The Balaban J connectivity index is 1.46. The maximum atomic E-state index is 9.62. The average Bonchev–Trinajstić information content (AvgIpc) is 3.49. The number of aromatic amines is 1. The number of nitriles is 1. The largest absolute Gasteiger partial charge is 0.349 e. The number of nitrogens with one attached hydrogen (secondary N) is 1. The van der Waals surface area contributed by atoms with E-state index in [2.05, 4.69) is 54.0 Å². The molecule has 0 unspecified atom stereocenters. The molecule has 0 saturated carbocycles. The fraction of sp³-hybridized carbons (Fsp3) is 0.333. The van der Waals surface area contributed by atoms with E-state index in [-0.39, 0.29) is 0 Å². The summed E-state index contributed by atoms with van der Waals surface area (Å²) in [5.74, 6) is 0.801. The van der Waals surface area contributed by atoms with Crippen molar-refractivity contribution in [1.29, 1.82) is 5.26 Å². The van der Waals surface area contributed by atoms with Gasteiger partial charge in [0.2, 0.25) is 5.95 Å². The Morgan fingerprint density at radius 3 is 2.52 bits per heavy atom. The minimum atomic E-state index is -0.608. The van der Waals surface area contributed by atoms with E-state index in [1.165, 1.54) is 12.8 Å². The van der Waals surface area contributed by atoms with Crippen LogP contribution in [0.5, 0.6) is 0 Å². The monoisotopic (exact) mass is 411 g/mol. The Labute approximate surface area is 181 Å². The number of H-pyrrole nitrogens is 1. The van der Waals surface area contributed by atoms with Gasteiger partial charge >= 0.3 is 0 Å². The second-order valence-corrected chi connectivity index (χ2v) is 8.57. The summed E-state index contributed by atoms with van der Waals surface area (Å²) in [6, 6.07) is 6.61. The van der Waals surface area contributed by atoms with Crippen molar-refractivity contribution >= 4 is 22.7 Å². The zero-order valence-corrected chi connectivity index (χ0v) is 17.8. The summed E-state index contributed by atoms with van der Waals surface area (Å²) in [6.45, 7) is 6.63. The Bertz CT molecular complexity index is 1200. The van der Waals surface area contributed by atoms with E-state index < -0.39 is 5.54 Å². The van der Waals surface area contributed by atoms with E-state index in [1.54, 1.807) is 0 Å². The van der Waals surface area contributed by atoms with Gasteiger partial charge in [0.15, 0.2) is 0 Å². The highest BCUT2D eigenvalue weighted by atomic mass is 15.3. The van der Waals surface area contributed by atoms with Crippen LogP contribution in [0.4, 0.5) is 5.95 Å².